The summed E-state index contributed by atoms with van der Waals surface area (Å²) in [6.07, 6.45) is 0. The van der Waals surface area contributed by atoms with E-state index in [9.17, 15) is 15.2 Å². The molecule has 3 aromatic rings. The summed E-state index contributed by atoms with van der Waals surface area (Å²) >= 11 is 1.61. The summed E-state index contributed by atoms with van der Waals surface area (Å²) in [5, 5.41) is 27.1. The van der Waals surface area contributed by atoms with E-state index in [0.29, 0.717) is 27.8 Å². The van der Waals surface area contributed by atoms with Crippen LogP contribution in [0.25, 0.3) is 10.9 Å². The van der Waals surface area contributed by atoms with E-state index in [2.05, 4.69) is 6.07 Å². The molecule has 0 spiro atoms. The van der Waals surface area contributed by atoms with Crippen LogP contribution in [0, 0.1) is 11.3 Å². The minimum absolute atomic E-state index is 0.123. The molecular formula is C25H31N5O3S. The Labute approximate surface area is 204 Å². The quantitative estimate of drug-likeness (QED) is 0.279. The molecule has 0 saturated carbocycles. The second-order valence-electron chi connectivity index (χ2n) is 8.18. The average Bonchev–Trinajstić information content (AvgIpc) is 3.08. The minimum atomic E-state index is -0.441. The number of hydrogen-bond acceptors (Lipinski definition) is 8. The molecule has 0 radical (unpaired) electrons. The Kier molecular flexibility index (Phi) is 8.23. The van der Waals surface area contributed by atoms with Crippen molar-refractivity contribution in [1.29, 1.82) is 5.26 Å². The van der Waals surface area contributed by atoms with Crippen LogP contribution >= 0.6 is 11.8 Å². The number of hydrazine groups is 2. The predicted octanol–water partition coefficient (Wildman–Crippen LogP) is 3.98. The van der Waals surface area contributed by atoms with Crippen molar-refractivity contribution in [2.45, 2.75) is 24.1 Å². The number of hydrogen-bond donors (Lipinski definition) is 1. The molecule has 0 saturated heterocycles. The van der Waals surface area contributed by atoms with Crippen molar-refractivity contribution in [2.24, 2.45) is 7.05 Å². The topological polar surface area (TPSA) is 85.0 Å². The third-order valence-electron chi connectivity index (χ3n) is 5.63. The molecule has 0 bridgehead atoms. The highest BCUT2D eigenvalue weighted by Crippen LogP contribution is 2.39. The molecule has 2 aromatic carbocycles. The number of benzene rings is 2. The number of rotatable bonds is 9. The van der Waals surface area contributed by atoms with Gasteiger partial charge in [0.25, 0.3) is 0 Å². The number of fused-ring (bicyclic) bond motifs is 1. The first kappa shape index (κ1) is 25.6. The van der Waals surface area contributed by atoms with Gasteiger partial charge in [-0.25, -0.2) is 14.8 Å². The molecule has 0 atom stereocenters. The van der Waals surface area contributed by atoms with Crippen molar-refractivity contribution in [3.05, 3.63) is 58.8 Å². The van der Waals surface area contributed by atoms with Crippen molar-refractivity contribution in [1.82, 2.24) is 19.7 Å². The summed E-state index contributed by atoms with van der Waals surface area (Å²) in [4.78, 5) is 14.3. The highest BCUT2D eigenvalue weighted by molar-refractivity contribution is 7.98. The van der Waals surface area contributed by atoms with Gasteiger partial charge < -0.3 is 14.4 Å². The maximum absolute atomic E-state index is 13.2. The number of ether oxygens (including phenoxy) is 1. The van der Waals surface area contributed by atoms with Gasteiger partial charge in [0.2, 0.25) is 0 Å². The first-order valence-electron chi connectivity index (χ1n) is 10.9. The number of carbonyl (C=O) groups is 1. The van der Waals surface area contributed by atoms with Gasteiger partial charge in [0.1, 0.15) is 11.8 Å². The lowest BCUT2D eigenvalue weighted by molar-refractivity contribution is -0.141. The van der Waals surface area contributed by atoms with Gasteiger partial charge in [0, 0.05) is 62.5 Å². The Morgan fingerprint density at radius 2 is 1.82 bits per heavy atom. The van der Waals surface area contributed by atoms with Crippen LogP contribution < -0.4 is 0 Å². The van der Waals surface area contributed by atoms with Gasteiger partial charge in [-0.1, -0.05) is 18.2 Å². The Bertz CT molecular complexity index is 1210. The van der Waals surface area contributed by atoms with Gasteiger partial charge >= 0.3 is 5.97 Å². The number of thioether (sulfide) groups is 1. The molecule has 3 rings (SSSR count). The zero-order valence-electron chi connectivity index (χ0n) is 20.5. The van der Waals surface area contributed by atoms with Gasteiger partial charge in [-0.3, -0.25) is 0 Å². The highest BCUT2D eigenvalue weighted by atomic mass is 32.2. The lowest BCUT2D eigenvalue weighted by atomic mass is 10.0. The van der Waals surface area contributed by atoms with Crippen LogP contribution in [-0.2, 0) is 24.1 Å². The average molecular weight is 482 g/mol. The third kappa shape index (κ3) is 5.05. The number of phenols is 1. The smallest absolute Gasteiger partial charge is 0.340 e. The summed E-state index contributed by atoms with van der Waals surface area (Å²) < 4.78 is 7.38. The van der Waals surface area contributed by atoms with Crippen LogP contribution in [0.4, 0.5) is 0 Å². The number of aromatic nitrogens is 1. The second kappa shape index (κ2) is 10.9. The van der Waals surface area contributed by atoms with E-state index in [0.717, 1.165) is 10.6 Å². The van der Waals surface area contributed by atoms with Crippen LogP contribution in [0.5, 0.6) is 5.75 Å². The molecule has 180 valence electrons. The normalized spacial score (nSPS) is 11.5. The van der Waals surface area contributed by atoms with Gasteiger partial charge in [-0.2, -0.15) is 10.4 Å². The molecule has 1 N–H and O–H groups in total. The number of nitrogens with zero attached hydrogens (tertiary/aromatic N) is 5. The van der Waals surface area contributed by atoms with Crippen molar-refractivity contribution in [3.8, 4) is 11.8 Å². The Morgan fingerprint density at radius 1 is 1.18 bits per heavy atom. The standard InChI is InChI=1S/C25H31N5O3S/c1-7-33-25(32)23-21(16-34-18-11-9-8-10-12-18)29(6)20-13-17(14-26)24(31)19(22(20)23)15-30(27(2)3)28(4)5/h8-13,31H,7,15-16H2,1-6H3. The van der Waals surface area contributed by atoms with E-state index >= 15 is 0 Å². The number of nitriles is 1. The molecule has 0 fully saturated rings. The molecule has 1 aromatic heterocycles. The summed E-state index contributed by atoms with van der Waals surface area (Å²) in [6.45, 7) is 2.27. The lowest BCUT2D eigenvalue weighted by Crippen LogP contribution is -2.45. The largest absolute Gasteiger partial charge is 0.506 e. The summed E-state index contributed by atoms with van der Waals surface area (Å²) in [5.74, 6) is -0.0401. The van der Waals surface area contributed by atoms with Crippen LogP contribution in [-0.4, -0.2) is 65.6 Å². The SMILES string of the molecule is CCOC(=O)c1c(CSc2ccccc2)n(C)c2cc(C#N)c(O)c(CN(N(C)C)N(C)C)c12. The van der Waals surface area contributed by atoms with Crippen LogP contribution in [0.1, 0.15) is 34.1 Å². The van der Waals surface area contributed by atoms with Crippen molar-refractivity contribution in [3.63, 3.8) is 0 Å². The molecular weight excluding hydrogens is 450 g/mol. The molecule has 0 aliphatic carbocycles. The summed E-state index contributed by atoms with van der Waals surface area (Å²) in [5.41, 5.74) is 2.58. The van der Waals surface area contributed by atoms with Crippen LogP contribution in [0.2, 0.25) is 0 Å². The molecule has 0 aliphatic rings. The fourth-order valence-corrected chi connectivity index (χ4v) is 4.99. The van der Waals surface area contributed by atoms with Gasteiger partial charge in [0.15, 0.2) is 0 Å². The fourth-order valence-electron chi connectivity index (χ4n) is 4.00. The maximum Gasteiger partial charge on any atom is 0.340 e. The number of aryl methyl sites for hydroxylation is 1. The van der Waals surface area contributed by atoms with E-state index in [4.69, 9.17) is 4.74 Å². The lowest BCUT2D eigenvalue weighted by Gasteiger charge is -2.34. The van der Waals surface area contributed by atoms with Crippen molar-refractivity contribution in [2.75, 3.05) is 34.8 Å². The number of aromatic hydroxyl groups is 1. The molecule has 9 heteroatoms. The van der Waals surface area contributed by atoms with E-state index in [1.165, 1.54) is 0 Å². The molecule has 0 aliphatic heterocycles. The van der Waals surface area contributed by atoms with Crippen molar-refractivity contribution < 1.29 is 14.6 Å². The molecule has 1 heterocycles. The molecule has 34 heavy (non-hydrogen) atoms. The predicted molar refractivity (Wildman–Crippen MR) is 134 cm³/mol. The Morgan fingerprint density at radius 3 is 2.38 bits per heavy atom. The highest BCUT2D eigenvalue weighted by Gasteiger charge is 2.29. The third-order valence-corrected chi connectivity index (χ3v) is 6.65. The van der Waals surface area contributed by atoms with Gasteiger partial charge in [-0.15, -0.1) is 11.8 Å². The van der Waals surface area contributed by atoms with Gasteiger partial charge in [0.05, 0.1) is 29.8 Å². The Hall–Kier alpha value is -3.03. The number of carbonyl (C=O) groups excluding carboxylic acids is 1. The molecule has 0 amide bonds. The van der Waals surface area contributed by atoms with E-state index < -0.39 is 5.97 Å². The first-order chi connectivity index (χ1) is 16.2. The van der Waals surface area contributed by atoms with E-state index in [1.807, 2.05) is 85.3 Å². The first-order valence-corrected chi connectivity index (χ1v) is 11.9. The fraction of sp³-hybridized carbons (Fsp3) is 0.360. The second-order valence-corrected chi connectivity index (χ2v) is 9.23. The van der Waals surface area contributed by atoms with Gasteiger partial charge in [-0.05, 0) is 25.1 Å². The zero-order chi connectivity index (χ0) is 25.0. The van der Waals surface area contributed by atoms with E-state index in [-0.39, 0.29) is 24.5 Å². The van der Waals surface area contributed by atoms with Crippen LogP contribution in [0.15, 0.2) is 41.3 Å². The van der Waals surface area contributed by atoms with Crippen LogP contribution in [0.3, 0.4) is 0 Å². The number of phenolic OH excluding ortho intramolecular Hbond substituents is 1. The Balaban J connectivity index is 2.28. The molecule has 0 unspecified atom stereocenters. The van der Waals surface area contributed by atoms with Crippen molar-refractivity contribution >= 4 is 28.6 Å². The monoisotopic (exact) mass is 481 g/mol. The van der Waals surface area contributed by atoms with E-state index in [1.54, 1.807) is 24.8 Å². The molecule has 8 nitrogen and oxygen atoms in total. The zero-order valence-corrected chi connectivity index (χ0v) is 21.3. The minimum Gasteiger partial charge on any atom is -0.506 e. The number of esters is 1. The summed E-state index contributed by atoms with van der Waals surface area (Å²) in [7, 11) is 9.44. The summed E-state index contributed by atoms with van der Waals surface area (Å²) in [6, 6.07) is 13.7. The maximum atomic E-state index is 13.2.